The lowest BCUT2D eigenvalue weighted by Crippen LogP contribution is -2.45. The van der Waals surface area contributed by atoms with Crippen LogP contribution in [-0.2, 0) is 10.0 Å². The maximum atomic E-state index is 10.9. The Hall–Kier alpha value is -0.130. The molecular formula is C6H14N2O2S. The van der Waals surface area contributed by atoms with Crippen molar-refractivity contribution in [2.24, 2.45) is 11.1 Å². The molecule has 0 aromatic rings. The Labute approximate surface area is 67.2 Å². The standard InChI is InChI=1S/C6H14N2O2S/c1-5-2-6(4-8-3-5)11(7,9)10/h5-6,8H,2-4H2,1H3,(H2,7,9,10)/t5-,6-/m0/s1. The third-order valence-corrected chi connectivity index (χ3v) is 3.28. The van der Waals surface area contributed by atoms with Gasteiger partial charge in [-0.3, -0.25) is 0 Å². The second kappa shape index (κ2) is 3.08. The van der Waals surface area contributed by atoms with E-state index in [4.69, 9.17) is 5.14 Å². The van der Waals surface area contributed by atoms with E-state index in [1.54, 1.807) is 0 Å². The molecule has 3 N–H and O–H groups in total. The summed E-state index contributed by atoms with van der Waals surface area (Å²) in [7, 11) is -3.32. The van der Waals surface area contributed by atoms with Crippen molar-refractivity contribution >= 4 is 10.0 Å². The quantitative estimate of drug-likeness (QED) is 0.556. The molecule has 1 aliphatic rings. The summed E-state index contributed by atoms with van der Waals surface area (Å²) in [6.07, 6.45) is 0.686. The van der Waals surface area contributed by atoms with Crippen LogP contribution < -0.4 is 10.5 Å². The summed E-state index contributed by atoms with van der Waals surface area (Å²) in [4.78, 5) is 0. The van der Waals surface area contributed by atoms with Gasteiger partial charge in [0.15, 0.2) is 0 Å². The van der Waals surface area contributed by atoms with Crippen LogP contribution in [0.1, 0.15) is 13.3 Å². The molecule has 11 heavy (non-hydrogen) atoms. The molecule has 0 amide bonds. The molecular weight excluding hydrogens is 164 g/mol. The topological polar surface area (TPSA) is 72.2 Å². The number of sulfonamides is 1. The van der Waals surface area contributed by atoms with Gasteiger partial charge in [0, 0.05) is 6.54 Å². The third-order valence-electron chi connectivity index (χ3n) is 1.99. The number of nitrogens with one attached hydrogen (secondary N) is 1. The Morgan fingerprint density at radius 3 is 2.45 bits per heavy atom. The number of piperidine rings is 1. The van der Waals surface area contributed by atoms with E-state index in [1.807, 2.05) is 6.92 Å². The molecule has 0 spiro atoms. The maximum absolute atomic E-state index is 10.9. The van der Waals surface area contributed by atoms with Gasteiger partial charge in [-0.25, -0.2) is 13.6 Å². The Morgan fingerprint density at radius 1 is 1.45 bits per heavy atom. The average Bonchev–Trinajstić information content (AvgIpc) is 1.86. The zero-order valence-corrected chi connectivity index (χ0v) is 7.39. The summed E-state index contributed by atoms with van der Waals surface area (Å²) in [5, 5.41) is 7.65. The summed E-state index contributed by atoms with van der Waals surface area (Å²) < 4.78 is 21.7. The van der Waals surface area contributed by atoms with Crippen molar-refractivity contribution in [3.8, 4) is 0 Å². The molecule has 0 aliphatic carbocycles. The highest BCUT2D eigenvalue weighted by Gasteiger charge is 2.26. The van der Waals surface area contributed by atoms with Crippen LogP contribution in [-0.4, -0.2) is 26.8 Å². The largest absolute Gasteiger partial charge is 0.315 e. The molecule has 1 heterocycles. The second-order valence-corrected chi connectivity index (χ2v) is 5.05. The normalized spacial score (nSPS) is 33.6. The fourth-order valence-electron chi connectivity index (χ4n) is 1.36. The lowest BCUT2D eigenvalue weighted by atomic mass is 10.0. The lowest BCUT2D eigenvalue weighted by Gasteiger charge is -2.25. The molecule has 2 atom stereocenters. The number of hydrogen-bond acceptors (Lipinski definition) is 3. The highest BCUT2D eigenvalue weighted by Crippen LogP contribution is 2.13. The Bertz CT molecular complexity index is 225. The van der Waals surface area contributed by atoms with E-state index < -0.39 is 10.0 Å². The van der Waals surface area contributed by atoms with E-state index in [0.29, 0.717) is 18.9 Å². The van der Waals surface area contributed by atoms with Gasteiger partial charge < -0.3 is 5.32 Å². The molecule has 1 aliphatic heterocycles. The van der Waals surface area contributed by atoms with Gasteiger partial charge in [-0.05, 0) is 18.9 Å². The van der Waals surface area contributed by atoms with Crippen molar-refractivity contribution in [2.45, 2.75) is 18.6 Å². The van der Waals surface area contributed by atoms with Gasteiger partial charge >= 0.3 is 0 Å². The Morgan fingerprint density at radius 2 is 2.09 bits per heavy atom. The second-order valence-electron chi connectivity index (χ2n) is 3.21. The number of primary sulfonamides is 1. The minimum Gasteiger partial charge on any atom is -0.315 e. The zero-order chi connectivity index (χ0) is 8.48. The van der Waals surface area contributed by atoms with Gasteiger partial charge in [-0.1, -0.05) is 6.92 Å². The fourth-order valence-corrected chi connectivity index (χ4v) is 2.30. The molecule has 0 aromatic heterocycles. The molecule has 1 saturated heterocycles. The van der Waals surface area contributed by atoms with Crippen molar-refractivity contribution < 1.29 is 8.42 Å². The number of rotatable bonds is 1. The van der Waals surface area contributed by atoms with Gasteiger partial charge in [-0.2, -0.15) is 0 Å². The summed E-state index contributed by atoms with van der Waals surface area (Å²) in [6.45, 7) is 3.42. The fraction of sp³-hybridized carbons (Fsp3) is 1.00. The highest BCUT2D eigenvalue weighted by atomic mass is 32.2. The first-order chi connectivity index (χ1) is 5.00. The lowest BCUT2D eigenvalue weighted by molar-refractivity contribution is 0.400. The van der Waals surface area contributed by atoms with Gasteiger partial charge in [0.1, 0.15) is 0 Å². The van der Waals surface area contributed by atoms with Crippen molar-refractivity contribution in [2.75, 3.05) is 13.1 Å². The number of hydrogen-bond donors (Lipinski definition) is 2. The first kappa shape index (κ1) is 8.96. The van der Waals surface area contributed by atoms with E-state index >= 15 is 0 Å². The predicted octanol–water partition coefficient (Wildman–Crippen LogP) is -0.727. The summed E-state index contributed by atoms with van der Waals surface area (Å²) in [6, 6.07) is 0. The summed E-state index contributed by atoms with van der Waals surface area (Å²) in [5.74, 6) is 0.409. The molecule has 0 radical (unpaired) electrons. The molecule has 4 nitrogen and oxygen atoms in total. The van der Waals surface area contributed by atoms with Crippen LogP contribution in [0.5, 0.6) is 0 Å². The third kappa shape index (κ3) is 2.43. The van der Waals surface area contributed by atoms with Crippen LogP contribution in [0.4, 0.5) is 0 Å². The van der Waals surface area contributed by atoms with E-state index in [0.717, 1.165) is 6.54 Å². The Balaban J connectivity index is 2.60. The van der Waals surface area contributed by atoms with Crippen LogP contribution in [0.25, 0.3) is 0 Å². The van der Waals surface area contributed by atoms with Gasteiger partial charge in [-0.15, -0.1) is 0 Å². The molecule has 1 fully saturated rings. The monoisotopic (exact) mass is 178 g/mol. The average molecular weight is 178 g/mol. The van der Waals surface area contributed by atoms with Gasteiger partial charge in [0.05, 0.1) is 5.25 Å². The van der Waals surface area contributed by atoms with Crippen molar-refractivity contribution in [3.05, 3.63) is 0 Å². The first-order valence-corrected chi connectivity index (χ1v) is 5.33. The summed E-state index contributed by atoms with van der Waals surface area (Å²) >= 11 is 0. The van der Waals surface area contributed by atoms with Crippen LogP contribution >= 0.6 is 0 Å². The molecule has 0 unspecified atom stereocenters. The molecule has 66 valence electrons. The van der Waals surface area contributed by atoms with Crippen molar-refractivity contribution in [1.82, 2.24) is 5.32 Å². The SMILES string of the molecule is C[C@@H]1CNC[C@@H](S(N)(=O)=O)C1. The smallest absolute Gasteiger partial charge is 0.213 e. The minimum atomic E-state index is -3.32. The van der Waals surface area contributed by atoms with E-state index in [-0.39, 0.29) is 5.25 Å². The van der Waals surface area contributed by atoms with E-state index in [1.165, 1.54) is 0 Å². The highest BCUT2D eigenvalue weighted by molar-refractivity contribution is 7.89. The molecule has 1 rings (SSSR count). The van der Waals surface area contributed by atoms with Crippen LogP contribution in [0.2, 0.25) is 0 Å². The van der Waals surface area contributed by atoms with Crippen LogP contribution in [0, 0.1) is 5.92 Å². The van der Waals surface area contributed by atoms with Crippen molar-refractivity contribution in [1.29, 1.82) is 0 Å². The molecule has 5 heteroatoms. The molecule has 0 bridgehead atoms. The first-order valence-electron chi connectivity index (χ1n) is 3.72. The number of nitrogens with two attached hydrogens (primary N) is 1. The van der Waals surface area contributed by atoms with Crippen LogP contribution in [0.15, 0.2) is 0 Å². The summed E-state index contributed by atoms with van der Waals surface area (Å²) in [5.41, 5.74) is 0. The van der Waals surface area contributed by atoms with Gasteiger partial charge in [0.2, 0.25) is 10.0 Å². The minimum absolute atomic E-state index is 0.383. The van der Waals surface area contributed by atoms with Gasteiger partial charge in [0.25, 0.3) is 0 Å². The predicted molar refractivity (Wildman–Crippen MR) is 43.5 cm³/mol. The Kier molecular flexibility index (Phi) is 2.51. The molecule has 0 aromatic carbocycles. The van der Waals surface area contributed by atoms with Crippen molar-refractivity contribution in [3.63, 3.8) is 0 Å². The van der Waals surface area contributed by atoms with E-state index in [9.17, 15) is 8.42 Å². The molecule has 0 saturated carbocycles. The van der Waals surface area contributed by atoms with E-state index in [2.05, 4.69) is 5.32 Å². The maximum Gasteiger partial charge on any atom is 0.213 e. The van der Waals surface area contributed by atoms with Crippen LogP contribution in [0.3, 0.4) is 0 Å². The zero-order valence-electron chi connectivity index (χ0n) is 6.58.